The number of carbonyl (C=O) groups is 2. The van der Waals surface area contributed by atoms with E-state index in [0.29, 0.717) is 17.4 Å². The van der Waals surface area contributed by atoms with Gasteiger partial charge < -0.3 is 9.73 Å². The van der Waals surface area contributed by atoms with Crippen molar-refractivity contribution >= 4 is 45.0 Å². The van der Waals surface area contributed by atoms with Gasteiger partial charge >= 0.3 is 0 Å². The van der Waals surface area contributed by atoms with Crippen molar-refractivity contribution < 1.29 is 14.0 Å². The molecule has 0 saturated heterocycles. The van der Waals surface area contributed by atoms with E-state index in [-0.39, 0.29) is 24.0 Å². The highest BCUT2D eigenvalue weighted by molar-refractivity contribution is 8.00. The number of nitrogens with one attached hydrogen (secondary N) is 1. The molecule has 1 aliphatic carbocycles. The number of ketones is 1. The Balaban J connectivity index is 1.48. The van der Waals surface area contributed by atoms with Crippen LogP contribution < -0.4 is 5.32 Å². The van der Waals surface area contributed by atoms with Crippen LogP contribution in [0.3, 0.4) is 0 Å². The van der Waals surface area contributed by atoms with Crippen molar-refractivity contribution in [2.75, 3.05) is 5.75 Å². The highest BCUT2D eigenvalue weighted by Gasteiger charge is 2.23. The Labute approximate surface area is 171 Å². The van der Waals surface area contributed by atoms with Gasteiger partial charge in [0.1, 0.15) is 21.9 Å². The molecule has 3 heterocycles. The third-order valence-electron chi connectivity index (χ3n) is 4.84. The normalized spacial score (nSPS) is 16.1. The van der Waals surface area contributed by atoms with Crippen LogP contribution in [0.5, 0.6) is 0 Å². The van der Waals surface area contributed by atoms with E-state index >= 15 is 0 Å². The highest BCUT2D eigenvalue weighted by Crippen LogP contribution is 2.40. The summed E-state index contributed by atoms with van der Waals surface area (Å²) in [6.07, 6.45) is 4.91. The number of hydrogen-bond donors (Lipinski definition) is 1. The zero-order valence-electron chi connectivity index (χ0n) is 15.8. The second-order valence-corrected chi connectivity index (χ2v) is 9.15. The van der Waals surface area contributed by atoms with Gasteiger partial charge in [0.05, 0.1) is 12.3 Å². The van der Waals surface area contributed by atoms with Gasteiger partial charge in [-0.25, -0.2) is 9.97 Å². The van der Waals surface area contributed by atoms with Gasteiger partial charge in [-0.15, -0.1) is 11.3 Å². The summed E-state index contributed by atoms with van der Waals surface area (Å²) >= 11 is 3.19. The van der Waals surface area contributed by atoms with Crippen LogP contribution in [-0.2, 0) is 24.2 Å². The monoisotopic (exact) mass is 415 g/mol. The second-order valence-electron chi connectivity index (χ2n) is 7.10. The molecule has 0 bridgehead atoms. The number of aryl methyl sites for hydroxylation is 1. The van der Waals surface area contributed by atoms with E-state index in [1.807, 2.05) is 0 Å². The van der Waals surface area contributed by atoms with Gasteiger partial charge in [0.25, 0.3) is 0 Å². The van der Waals surface area contributed by atoms with Gasteiger partial charge in [0, 0.05) is 17.2 Å². The van der Waals surface area contributed by atoms with Crippen molar-refractivity contribution in [1.82, 2.24) is 15.3 Å². The van der Waals surface area contributed by atoms with Crippen molar-refractivity contribution in [3.63, 3.8) is 0 Å². The van der Waals surface area contributed by atoms with Crippen LogP contribution in [0.1, 0.15) is 47.0 Å². The first-order chi connectivity index (χ1) is 13.5. The number of thioether (sulfide) groups is 1. The molecule has 146 valence electrons. The number of Topliss-reactive ketones (excluding diaryl/α,β-unsaturated/α-hetero) is 1. The van der Waals surface area contributed by atoms with Gasteiger partial charge in [-0.1, -0.05) is 18.7 Å². The fourth-order valence-electron chi connectivity index (χ4n) is 3.39. The Bertz CT molecular complexity index is 1040. The molecule has 0 aromatic carbocycles. The quantitative estimate of drug-likeness (QED) is 0.372. The third-order valence-corrected chi connectivity index (χ3v) is 7.00. The maximum Gasteiger partial charge on any atom is 0.217 e. The smallest absolute Gasteiger partial charge is 0.217 e. The van der Waals surface area contributed by atoms with Crippen LogP contribution in [-0.4, -0.2) is 27.4 Å². The lowest BCUT2D eigenvalue weighted by atomic mass is 9.89. The summed E-state index contributed by atoms with van der Waals surface area (Å²) in [5, 5.41) is 4.65. The topological polar surface area (TPSA) is 85.1 Å². The number of rotatable bonds is 6. The Hall–Kier alpha value is -2.19. The summed E-state index contributed by atoms with van der Waals surface area (Å²) in [4.78, 5) is 34.9. The van der Waals surface area contributed by atoms with Crippen LogP contribution in [0.15, 0.2) is 27.9 Å². The number of amides is 1. The average molecular weight is 416 g/mol. The van der Waals surface area contributed by atoms with E-state index in [2.05, 4.69) is 22.2 Å². The molecule has 1 atom stereocenters. The van der Waals surface area contributed by atoms with Gasteiger partial charge in [-0.3, -0.25) is 9.59 Å². The van der Waals surface area contributed by atoms with E-state index in [1.54, 1.807) is 29.8 Å². The van der Waals surface area contributed by atoms with Crippen molar-refractivity contribution in [2.24, 2.45) is 5.92 Å². The number of thiophene rings is 1. The SMILES string of the molecule is CC(=O)NCc1ccc(C(=O)CSc2ncnc3sc4c(c23)CCC(C)C4)o1. The van der Waals surface area contributed by atoms with E-state index in [4.69, 9.17) is 4.42 Å². The minimum absolute atomic E-state index is 0.0939. The van der Waals surface area contributed by atoms with Crippen LogP contribution in [0.25, 0.3) is 10.2 Å². The van der Waals surface area contributed by atoms with Crippen LogP contribution in [0, 0.1) is 5.92 Å². The van der Waals surface area contributed by atoms with Crippen LogP contribution in [0.2, 0.25) is 0 Å². The molecule has 0 aliphatic heterocycles. The van der Waals surface area contributed by atoms with E-state index in [1.165, 1.54) is 35.5 Å². The van der Waals surface area contributed by atoms with Crippen molar-refractivity contribution in [2.45, 2.75) is 44.7 Å². The molecule has 3 aromatic heterocycles. The summed E-state index contributed by atoms with van der Waals surface area (Å²) in [5.41, 5.74) is 1.37. The fraction of sp³-hybridized carbons (Fsp3) is 0.400. The number of hydrogen-bond acceptors (Lipinski definition) is 7. The number of carbonyl (C=O) groups excluding carboxylic acids is 2. The number of aromatic nitrogens is 2. The minimum Gasteiger partial charge on any atom is -0.456 e. The lowest BCUT2D eigenvalue weighted by Gasteiger charge is -2.18. The maximum atomic E-state index is 12.5. The summed E-state index contributed by atoms with van der Waals surface area (Å²) in [7, 11) is 0. The first-order valence-electron chi connectivity index (χ1n) is 9.25. The summed E-state index contributed by atoms with van der Waals surface area (Å²) in [5.74, 6) is 1.59. The van der Waals surface area contributed by atoms with Crippen LogP contribution in [0.4, 0.5) is 0 Å². The minimum atomic E-state index is -0.138. The molecule has 6 nitrogen and oxygen atoms in total. The lowest BCUT2D eigenvalue weighted by Crippen LogP contribution is -2.18. The average Bonchev–Trinajstić information content (AvgIpc) is 3.28. The third kappa shape index (κ3) is 3.98. The Kier molecular flexibility index (Phi) is 5.50. The summed E-state index contributed by atoms with van der Waals surface area (Å²) < 4.78 is 5.55. The highest BCUT2D eigenvalue weighted by atomic mass is 32.2. The van der Waals surface area contributed by atoms with E-state index in [9.17, 15) is 9.59 Å². The summed E-state index contributed by atoms with van der Waals surface area (Å²) in [6.45, 7) is 4.01. The van der Waals surface area contributed by atoms with Crippen LogP contribution >= 0.6 is 23.1 Å². The van der Waals surface area contributed by atoms with Gasteiger partial charge in [0.2, 0.25) is 11.7 Å². The molecule has 0 saturated carbocycles. The molecule has 1 N–H and O–H groups in total. The van der Waals surface area contributed by atoms with E-state index < -0.39 is 0 Å². The molecule has 1 aliphatic rings. The first kappa shape index (κ1) is 19.1. The molecular formula is C20H21N3O3S2. The largest absolute Gasteiger partial charge is 0.456 e. The fourth-order valence-corrected chi connectivity index (χ4v) is 5.71. The predicted molar refractivity (Wildman–Crippen MR) is 110 cm³/mol. The predicted octanol–water partition coefficient (Wildman–Crippen LogP) is 4.02. The molecule has 3 aromatic rings. The molecule has 8 heteroatoms. The molecule has 0 radical (unpaired) electrons. The maximum absolute atomic E-state index is 12.5. The van der Waals surface area contributed by atoms with Gasteiger partial charge in [0.15, 0.2) is 5.76 Å². The molecule has 1 unspecified atom stereocenters. The van der Waals surface area contributed by atoms with Crippen molar-refractivity contribution in [3.05, 3.63) is 40.4 Å². The lowest BCUT2D eigenvalue weighted by molar-refractivity contribution is -0.119. The van der Waals surface area contributed by atoms with Crippen molar-refractivity contribution in [1.29, 1.82) is 0 Å². The molecule has 0 fully saturated rings. The van der Waals surface area contributed by atoms with Gasteiger partial charge in [-0.05, 0) is 42.9 Å². The Morgan fingerprint density at radius 2 is 2.21 bits per heavy atom. The first-order valence-corrected chi connectivity index (χ1v) is 11.1. The van der Waals surface area contributed by atoms with Crippen molar-refractivity contribution in [3.8, 4) is 0 Å². The number of nitrogens with zero attached hydrogens (tertiary/aromatic N) is 2. The molecule has 0 spiro atoms. The zero-order chi connectivity index (χ0) is 19.7. The van der Waals surface area contributed by atoms with E-state index in [0.717, 1.165) is 28.1 Å². The molecule has 4 rings (SSSR count). The summed E-state index contributed by atoms with van der Waals surface area (Å²) in [6, 6.07) is 3.37. The number of furan rings is 1. The standard InChI is InChI=1S/C20H21N3O3S2/c1-11-3-5-14-17(7-11)28-20-18(14)19(22-10-23-20)27-9-15(25)16-6-4-13(26-16)8-21-12(2)24/h4,6,10-11H,3,5,7-9H2,1-2H3,(H,21,24). The Morgan fingerprint density at radius 3 is 3.04 bits per heavy atom. The second kappa shape index (κ2) is 8.05. The molecular weight excluding hydrogens is 394 g/mol. The molecule has 1 amide bonds. The number of fused-ring (bicyclic) bond motifs is 3. The zero-order valence-corrected chi connectivity index (χ0v) is 17.4. The molecule has 28 heavy (non-hydrogen) atoms. The van der Waals surface area contributed by atoms with Gasteiger partial charge in [-0.2, -0.15) is 0 Å². The Morgan fingerprint density at radius 1 is 1.36 bits per heavy atom.